The highest BCUT2D eigenvalue weighted by molar-refractivity contribution is 5.91. The Morgan fingerprint density at radius 1 is 1.16 bits per heavy atom. The first kappa shape index (κ1) is 26.4. The Morgan fingerprint density at radius 3 is 2.62 bits per heavy atom. The molecule has 1 aromatic heterocycles. The zero-order valence-corrected chi connectivity index (χ0v) is 21.8. The summed E-state index contributed by atoms with van der Waals surface area (Å²) < 4.78 is 25.1. The first-order valence-corrected chi connectivity index (χ1v) is 12.8. The maximum atomic E-state index is 13.7. The van der Waals surface area contributed by atoms with Crippen molar-refractivity contribution in [2.24, 2.45) is 11.8 Å². The molecule has 1 atom stereocenters. The number of nitrogens with one attached hydrogen (secondary N) is 1. The van der Waals surface area contributed by atoms with Crippen molar-refractivity contribution in [2.75, 3.05) is 13.1 Å². The van der Waals surface area contributed by atoms with E-state index in [9.17, 15) is 14.0 Å². The number of oxazole rings is 1. The maximum absolute atomic E-state index is 13.7. The van der Waals surface area contributed by atoms with Gasteiger partial charge < -0.3 is 19.4 Å². The zero-order valence-electron chi connectivity index (χ0n) is 21.8. The molecule has 0 fully saturated rings. The topological polar surface area (TPSA) is 84.7 Å². The van der Waals surface area contributed by atoms with Crippen molar-refractivity contribution in [3.8, 4) is 5.75 Å². The normalized spacial score (nSPS) is 15.1. The van der Waals surface area contributed by atoms with Gasteiger partial charge in [-0.05, 0) is 59.7 Å². The smallest absolute Gasteiger partial charge is 0.273 e. The van der Waals surface area contributed by atoms with Crippen molar-refractivity contribution in [1.82, 2.24) is 15.2 Å². The van der Waals surface area contributed by atoms with Gasteiger partial charge in [0.05, 0.1) is 6.04 Å². The summed E-state index contributed by atoms with van der Waals surface area (Å²) >= 11 is 0. The number of nitrogens with zero attached hydrogens (tertiary/aromatic N) is 2. The Morgan fingerprint density at radius 2 is 1.92 bits per heavy atom. The molecule has 7 nitrogen and oxygen atoms in total. The standard InChI is InChI=1S/C29H34FN3O4/c1-18(2)11-13-31-28(34)25-16-37-26(32-25)17-36-23-10-7-20-12-14-33(29(35)19(3)4)27(24(20)15-23)21-5-8-22(30)9-6-21/h5-10,15-16,18-19,27H,11-14,17H2,1-4H3,(H,31,34)/t27-/m1/s1. The van der Waals surface area contributed by atoms with Gasteiger partial charge in [0.1, 0.15) is 17.8 Å². The minimum absolute atomic E-state index is 0.0466. The van der Waals surface area contributed by atoms with Crippen LogP contribution in [0.5, 0.6) is 5.75 Å². The van der Waals surface area contributed by atoms with E-state index < -0.39 is 0 Å². The summed E-state index contributed by atoms with van der Waals surface area (Å²) in [5.41, 5.74) is 3.12. The Labute approximate surface area is 217 Å². The van der Waals surface area contributed by atoms with Gasteiger partial charge in [-0.1, -0.05) is 45.9 Å². The molecule has 2 heterocycles. The third-order valence-corrected chi connectivity index (χ3v) is 6.46. The summed E-state index contributed by atoms with van der Waals surface area (Å²) in [6.45, 7) is 9.18. The number of benzene rings is 2. The lowest BCUT2D eigenvalue weighted by molar-refractivity contribution is -0.136. The fourth-order valence-corrected chi connectivity index (χ4v) is 4.45. The van der Waals surface area contributed by atoms with Crippen LogP contribution in [-0.2, 0) is 17.8 Å². The van der Waals surface area contributed by atoms with Crippen LogP contribution in [0, 0.1) is 17.7 Å². The van der Waals surface area contributed by atoms with Gasteiger partial charge in [-0.3, -0.25) is 9.59 Å². The molecule has 1 aliphatic heterocycles. The van der Waals surface area contributed by atoms with Crippen LogP contribution >= 0.6 is 0 Å². The summed E-state index contributed by atoms with van der Waals surface area (Å²) in [5, 5.41) is 2.84. The lowest BCUT2D eigenvalue weighted by Crippen LogP contribution is -2.42. The second-order valence-corrected chi connectivity index (χ2v) is 10.1. The molecule has 1 aliphatic rings. The van der Waals surface area contributed by atoms with Crippen molar-refractivity contribution >= 4 is 11.8 Å². The van der Waals surface area contributed by atoms with E-state index in [0.29, 0.717) is 30.6 Å². The van der Waals surface area contributed by atoms with Gasteiger partial charge in [-0.2, -0.15) is 0 Å². The highest BCUT2D eigenvalue weighted by atomic mass is 19.1. The Hall–Kier alpha value is -3.68. The van der Waals surface area contributed by atoms with Gasteiger partial charge in [-0.15, -0.1) is 0 Å². The highest BCUT2D eigenvalue weighted by Crippen LogP contribution is 2.38. The van der Waals surface area contributed by atoms with E-state index in [0.717, 1.165) is 29.5 Å². The number of halogens is 1. The molecule has 2 amide bonds. The van der Waals surface area contributed by atoms with Gasteiger partial charge in [0.2, 0.25) is 11.8 Å². The van der Waals surface area contributed by atoms with Crippen LogP contribution in [0.2, 0.25) is 0 Å². The number of carbonyl (C=O) groups is 2. The molecule has 37 heavy (non-hydrogen) atoms. The number of hydrogen-bond donors (Lipinski definition) is 1. The molecule has 0 saturated carbocycles. The molecule has 1 N–H and O–H groups in total. The second kappa shape index (κ2) is 11.6. The molecule has 8 heteroatoms. The van der Waals surface area contributed by atoms with Gasteiger partial charge >= 0.3 is 0 Å². The fraction of sp³-hybridized carbons (Fsp3) is 0.414. The van der Waals surface area contributed by atoms with Crippen molar-refractivity contribution in [3.63, 3.8) is 0 Å². The number of hydrogen-bond acceptors (Lipinski definition) is 5. The molecule has 0 unspecified atom stereocenters. The van der Waals surface area contributed by atoms with Crippen LogP contribution in [0.1, 0.15) is 73.2 Å². The van der Waals surface area contributed by atoms with Crippen molar-refractivity contribution in [3.05, 3.63) is 82.8 Å². The third kappa shape index (κ3) is 6.37. The predicted octanol–water partition coefficient (Wildman–Crippen LogP) is 5.30. The van der Waals surface area contributed by atoms with E-state index in [1.165, 1.54) is 18.4 Å². The molecule has 0 aliphatic carbocycles. The zero-order chi connectivity index (χ0) is 26.5. The number of ether oxygens (including phenoxy) is 1. The van der Waals surface area contributed by atoms with Crippen molar-refractivity contribution < 1.29 is 23.1 Å². The van der Waals surface area contributed by atoms with E-state index in [1.807, 2.05) is 36.9 Å². The van der Waals surface area contributed by atoms with Gasteiger partial charge in [0.25, 0.3) is 5.91 Å². The lowest BCUT2D eigenvalue weighted by atomic mass is 9.87. The van der Waals surface area contributed by atoms with Gasteiger partial charge in [0.15, 0.2) is 12.3 Å². The van der Waals surface area contributed by atoms with E-state index in [1.54, 1.807) is 12.1 Å². The minimum Gasteiger partial charge on any atom is -0.484 e. The van der Waals surface area contributed by atoms with Gasteiger partial charge in [0, 0.05) is 19.0 Å². The first-order chi connectivity index (χ1) is 17.7. The summed E-state index contributed by atoms with van der Waals surface area (Å²) in [4.78, 5) is 31.5. The Balaban J connectivity index is 1.51. The van der Waals surface area contributed by atoms with Crippen LogP contribution < -0.4 is 10.1 Å². The van der Waals surface area contributed by atoms with Gasteiger partial charge in [-0.25, -0.2) is 9.37 Å². The first-order valence-electron chi connectivity index (χ1n) is 12.8. The van der Waals surface area contributed by atoms with E-state index in [4.69, 9.17) is 9.15 Å². The molecule has 0 bridgehead atoms. The summed E-state index contributed by atoms with van der Waals surface area (Å²) in [6, 6.07) is 11.7. The quantitative estimate of drug-likeness (QED) is 0.425. The van der Waals surface area contributed by atoms with Crippen LogP contribution in [0.25, 0.3) is 0 Å². The van der Waals surface area contributed by atoms with Crippen LogP contribution in [0.4, 0.5) is 4.39 Å². The molecule has 0 spiro atoms. The molecule has 3 aromatic rings. The lowest BCUT2D eigenvalue weighted by Gasteiger charge is -2.39. The van der Waals surface area contributed by atoms with Crippen molar-refractivity contribution in [2.45, 2.75) is 53.2 Å². The summed E-state index contributed by atoms with van der Waals surface area (Å²) in [7, 11) is 0. The SMILES string of the molecule is CC(C)CCNC(=O)c1coc(COc2ccc3c(c2)[C@@H](c2ccc(F)cc2)N(C(=O)C(C)C)CC3)n1. The summed E-state index contributed by atoms with van der Waals surface area (Å²) in [5.74, 6) is 0.663. The van der Waals surface area contributed by atoms with E-state index >= 15 is 0 Å². The van der Waals surface area contributed by atoms with Crippen LogP contribution in [-0.4, -0.2) is 34.8 Å². The predicted molar refractivity (Wildman–Crippen MR) is 138 cm³/mol. The largest absolute Gasteiger partial charge is 0.484 e. The Bertz CT molecular complexity index is 1240. The molecule has 4 rings (SSSR count). The number of fused-ring (bicyclic) bond motifs is 1. The maximum Gasteiger partial charge on any atom is 0.273 e. The molecule has 0 saturated heterocycles. The highest BCUT2D eigenvalue weighted by Gasteiger charge is 2.33. The number of rotatable bonds is 9. The minimum atomic E-state index is -0.342. The van der Waals surface area contributed by atoms with Crippen molar-refractivity contribution in [1.29, 1.82) is 0 Å². The molecular formula is C29H34FN3O4. The summed E-state index contributed by atoms with van der Waals surface area (Å²) in [6.07, 6.45) is 2.94. The number of amides is 2. The van der Waals surface area contributed by atoms with E-state index in [2.05, 4.69) is 24.1 Å². The van der Waals surface area contributed by atoms with Crippen LogP contribution in [0.3, 0.4) is 0 Å². The van der Waals surface area contributed by atoms with Crippen LogP contribution in [0.15, 0.2) is 53.1 Å². The van der Waals surface area contributed by atoms with E-state index in [-0.39, 0.29) is 41.9 Å². The Kier molecular flexibility index (Phi) is 8.26. The number of aromatic nitrogens is 1. The molecule has 0 radical (unpaired) electrons. The average molecular weight is 508 g/mol. The fourth-order valence-electron chi connectivity index (χ4n) is 4.45. The molecule has 2 aromatic carbocycles. The molecular weight excluding hydrogens is 473 g/mol. The average Bonchev–Trinajstić information content (AvgIpc) is 3.36. The molecule has 196 valence electrons. The monoisotopic (exact) mass is 507 g/mol. The second-order valence-electron chi connectivity index (χ2n) is 10.1. The number of carbonyl (C=O) groups excluding carboxylic acids is 2. The third-order valence-electron chi connectivity index (χ3n) is 6.46.